The van der Waals surface area contributed by atoms with Crippen molar-refractivity contribution < 1.29 is 17.6 Å². The highest BCUT2D eigenvalue weighted by Gasteiger charge is 2.23. The molecule has 0 saturated carbocycles. The summed E-state index contributed by atoms with van der Waals surface area (Å²) in [5.74, 6) is -1.17. The van der Waals surface area contributed by atoms with Crippen LogP contribution in [0.15, 0.2) is 70.7 Å². The maximum absolute atomic E-state index is 13.1. The van der Waals surface area contributed by atoms with Crippen molar-refractivity contribution in [1.82, 2.24) is 24.1 Å². The van der Waals surface area contributed by atoms with E-state index in [1.54, 1.807) is 24.3 Å². The number of amides is 1. The summed E-state index contributed by atoms with van der Waals surface area (Å²) in [4.78, 5) is 31.0. The van der Waals surface area contributed by atoms with Gasteiger partial charge in [-0.25, -0.2) is 22.5 Å². The number of likely N-dealkylation sites (N-methyl/N-ethyl adjacent to an activating group) is 1. The van der Waals surface area contributed by atoms with Crippen molar-refractivity contribution in [1.29, 1.82) is 0 Å². The highest BCUT2D eigenvalue weighted by molar-refractivity contribution is 7.89. The Morgan fingerprint density at radius 2 is 1.91 bits per heavy atom. The average molecular weight is 456 g/mol. The van der Waals surface area contributed by atoms with E-state index in [0.29, 0.717) is 17.0 Å². The first-order chi connectivity index (χ1) is 15.3. The first-order valence-electron chi connectivity index (χ1n) is 9.30. The summed E-state index contributed by atoms with van der Waals surface area (Å²) < 4.78 is 40.6. The van der Waals surface area contributed by atoms with E-state index in [-0.39, 0.29) is 15.8 Å². The van der Waals surface area contributed by atoms with Gasteiger partial charge < -0.3 is 10.3 Å². The molecule has 1 amide bonds. The van der Waals surface area contributed by atoms with E-state index < -0.39 is 28.3 Å². The van der Waals surface area contributed by atoms with Crippen molar-refractivity contribution in [2.75, 3.05) is 18.9 Å². The maximum atomic E-state index is 13.1. The number of fused-ring (bicyclic) bond motifs is 1. The minimum Gasteiger partial charge on any atom is -0.323 e. The maximum Gasteiger partial charge on any atom is 0.261 e. The number of aromatic nitrogens is 4. The predicted octanol–water partition coefficient (Wildman–Crippen LogP) is 1.51. The molecule has 2 aromatic heterocycles. The summed E-state index contributed by atoms with van der Waals surface area (Å²) in [7, 11) is -2.74. The Bertz CT molecular complexity index is 1460. The van der Waals surface area contributed by atoms with Crippen molar-refractivity contribution in [3.63, 3.8) is 0 Å². The highest BCUT2D eigenvalue weighted by Crippen LogP contribution is 2.22. The molecule has 12 heteroatoms. The van der Waals surface area contributed by atoms with Gasteiger partial charge >= 0.3 is 0 Å². The molecule has 0 aliphatic carbocycles. The lowest BCUT2D eigenvalue weighted by molar-refractivity contribution is -0.116. The van der Waals surface area contributed by atoms with Gasteiger partial charge in [0.1, 0.15) is 11.2 Å². The molecule has 0 radical (unpaired) electrons. The molecule has 32 heavy (non-hydrogen) atoms. The van der Waals surface area contributed by atoms with E-state index in [2.05, 4.69) is 20.4 Å². The number of anilines is 1. The van der Waals surface area contributed by atoms with Crippen LogP contribution in [0, 0.1) is 5.82 Å². The van der Waals surface area contributed by atoms with Crippen molar-refractivity contribution in [2.45, 2.75) is 4.90 Å². The molecule has 0 aliphatic rings. The smallest absolute Gasteiger partial charge is 0.261 e. The zero-order valence-corrected chi connectivity index (χ0v) is 17.5. The Hall–Kier alpha value is -3.90. The molecule has 0 saturated heterocycles. The number of aromatic amines is 1. The molecule has 10 nitrogen and oxygen atoms in total. The molecule has 0 atom stereocenters. The standard InChI is InChI=1S/C20H17FN6O4S/c1-26(32(30,31)14-8-6-13(21)7-9-14)11-18(28)25-16-4-2-3-5-17(16)27-19-15(10-24-27)20(29)23-12-22-19/h2-10,12H,11H2,1H3,(H,25,28)(H,22,23,29). The first-order valence-corrected chi connectivity index (χ1v) is 10.7. The summed E-state index contributed by atoms with van der Waals surface area (Å²) in [6.45, 7) is -0.480. The van der Waals surface area contributed by atoms with Crippen LogP contribution in [0.3, 0.4) is 0 Å². The van der Waals surface area contributed by atoms with E-state index in [4.69, 9.17) is 0 Å². The van der Waals surface area contributed by atoms with Crippen molar-refractivity contribution >= 4 is 32.7 Å². The van der Waals surface area contributed by atoms with Crippen LogP contribution in [0.4, 0.5) is 10.1 Å². The third kappa shape index (κ3) is 4.00. The van der Waals surface area contributed by atoms with Gasteiger partial charge in [0, 0.05) is 7.05 Å². The number of benzene rings is 2. The fourth-order valence-electron chi connectivity index (χ4n) is 3.06. The summed E-state index contributed by atoms with van der Waals surface area (Å²) >= 11 is 0. The van der Waals surface area contributed by atoms with Gasteiger partial charge in [-0.2, -0.15) is 9.40 Å². The highest BCUT2D eigenvalue weighted by atomic mass is 32.2. The number of carbonyl (C=O) groups excluding carboxylic acids is 1. The Kier molecular flexibility index (Phi) is 5.55. The van der Waals surface area contributed by atoms with Crippen molar-refractivity contribution in [3.8, 4) is 5.69 Å². The predicted molar refractivity (Wildman–Crippen MR) is 114 cm³/mol. The van der Waals surface area contributed by atoms with Gasteiger partial charge in [-0.15, -0.1) is 0 Å². The normalized spacial score (nSPS) is 11.7. The van der Waals surface area contributed by atoms with Crippen LogP contribution < -0.4 is 10.9 Å². The van der Waals surface area contributed by atoms with E-state index in [1.807, 2.05) is 0 Å². The largest absolute Gasteiger partial charge is 0.323 e. The second-order valence-corrected chi connectivity index (χ2v) is 8.85. The van der Waals surface area contributed by atoms with Gasteiger partial charge in [-0.1, -0.05) is 12.1 Å². The van der Waals surface area contributed by atoms with Gasteiger partial charge in [0.15, 0.2) is 5.65 Å². The van der Waals surface area contributed by atoms with Gasteiger partial charge in [0.2, 0.25) is 15.9 Å². The number of sulfonamides is 1. The lowest BCUT2D eigenvalue weighted by Crippen LogP contribution is -2.35. The second-order valence-electron chi connectivity index (χ2n) is 6.81. The molecule has 0 bridgehead atoms. The number of rotatable bonds is 6. The number of hydrogen-bond donors (Lipinski definition) is 2. The van der Waals surface area contributed by atoms with Gasteiger partial charge in [-0.05, 0) is 36.4 Å². The van der Waals surface area contributed by atoms with Crippen molar-refractivity contribution in [2.24, 2.45) is 0 Å². The molecular weight excluding hydrogens is 439 g/mol. The van der Waals surface area contributed by atoms with Crippen LogP contribution in [-0.2, 0) is 14.8 Å². The molecule has 164 valence electrons. The lowest BCUT2D eigenvalue weighted by atomic mass is 10.2. The number of nitrogens with one attached hydrogen (secondary N) is 2. The summed E-state index contributed by atoms with van der Waals surface area (Å²) in [5.41, 5.74) is 0.733. The summed E-state index contributed by atoms with van der Waals surface area (Å²) in [5, 5.41) is 7.13. The molecule has 4 rings (SSSR count). The second kappa shape index (κ2) is 8.32. The number of carbonyl (C=O) groups is 1. The van der Waals surface area contributed by atoms with Crippen LogP contribution in [0.25, 0.3) is 16.7 Å². The van der Waals surface area contributed by atoms with E-state index in [9.17, 15) is 22.4 Å². The zero-order valence-electron chi connectivity index (χ0n) is 16.7. The van der Waals surface area contributed by atoms with Crippen LogP contribution in [0.1, 0.15) is 0 Å². The van der Waals surface area contributed by atoms with E-state index in [0.717, 1.165) is 28.6 Å². The SMILES string of the molecule is CN(CC(=O)Nc1ccccc1-n1ncc2c(=O)[nH]cnc21)S(=O)(=O)c1ccc(F)cc1. The minimum atomic E-state index is -3.99. The van der Waals surface area contributed by atoms with Gasteiger partial charge in [0.25, 0.3) is 5.56 Å². The molecule has 2 N–H and O–H groups in total. The molecule has 0 unspecified atom stereocenters. The monoisotopic (exact) mass is 456 g/mol. The molecular formula is C20H17FN6O4S. The van der Waals surface area contributed by atoms with Crippen molar-refractivity contribution in [3.05, 3.63) is 77.2 Å². The van der Waals surface area contributed by atoms with E-state index in [1.165, 1.54) is 24.3 Å². The number of halogens is 1. The zero-order chi connectivity index (χ0) is 22.9. The minimum absolute atomic E-state index is 0.131. The average Bonchev–Trinajstić information content (AvgIpc) is 3.19. The third-order valence-corrected chi connectivity index (χ3v) is 6.48. The van der Waals surface area contributed by atoms with Crippen LogP contribution in [0.5, 0.6) is 0 Å². The Labute approximate surface area is 181 Å². The first kappa shape index (κ1) is 21.3. The topological polar surface area (TPSA) is 130 Å². The van der Waals surface area contributed by atoms with Crippen LogP contribution >= 0.6 is 0 Å². The number of nitrogens with zero attached hydrogens (tertiary/aromatic N) is 4. The Morgan fingerprint density at radius 3 is 2.66 bits per heavy atom. The van der Waals surface area contributed by atoms with Crippen LogP contribution in [-0.4, -0.2) is 52.0 Å². The number of H-pyrrole nitrogens is 1. The Balaban J connectivity index is 1.57. The quantitative estimate of drug-likeness (QED) is 0.452. The number of para-hydroxylation sites is 2. The fourth-order valence-corrected chi connectivity index (χ4v) is 4.19. The molecule has 2 heterocycles. The van der Waals surface area contributed by atoms with Crippen LogP contribution in [0.2, 0.25) is 0 Å². The van der Waals surface area contributed by atoms with E-state index >= 15 is 0 Å². The molecule has 4 aromatic rings. The summed E-state index contributed by atoms with van der Waals surface area (Å²) in [6.07, 6.45) is 2.61. The van der Waals surface area contributed by atoms with Gasteiger partial charge in [-0.3, -0.25) is 9.59 Å². The third-order valence-electron chi connectivity index (χ3n) is 4.67. The molecule has 0 aliphatic heterocycles. The Morgan fingerprint density at radius 1 is 1.19 bits per heavy atom. The molecule has 0 spiro atoms. The van der Waals surface area contributed by atoms with Gasteiger partial charge in [0.05, 0.1) is 35.3 Å². The lowest BCUT2D eigenvalue weighted by Gasteiger charge is -2.18. The fraction of sp³-hybridized carbons (Fsp3) is 0.100. The molecule has 0 fully saturated rings. The molecule has 2 aromatic carbocycles. The summed E-state index contributed by atoms with van der Waals surface area (Å²) in [6, 6.07) is 11.0. The number of hydrogen-bond acceptors (Lipinski definition) is 6.